The van der Waals surface area contributed by atoms with Gasteiger partial charge in [-0.2, -0.15) is 0 Å². The van der Waals surface area contributed by atoms with E-state index in [-0.39, 0.29) is 0 Å². The molecular formula is C14H18N4O2S. The van der Waals surface area contributed by atoms with E-state index in [1.807, 2.05) is 16.8 Å². The first kappa shape index (κ1) is 14.1. The van der Waals surface area contributed by atoms with Crippen LogP contribution in [0, 0.1) is 0 Å². The number of benzene rings is 1. The molecule has 0 atom stereocenters. The molecule has 1 aliphatic heterocycles. The smallest absolute Gasteiger partial charge is 0.240 e. The highest BCUT2D eigenvalue weighted by Crippen LogP contribution is 2.25. The normalized spacial score (nSPS) is 13.9. The lowest BCUT2D eigenvalue weighted by Gasteiger charge is -2.09. The van der Waals surface area contributed by atoms with E-state index >= 15 is 0 Å². The maximum atomic E-state index is 12.2. The average molecular weight is 306 g/mol. The summed E-state index contributed by atoms with van der Waals surface area (Å²) in [5, 5.41) is 3.20. The maximum Gasteiger partial charge on any atom is 0.240 e. The lowest BCUT2D eigenvalue weighted by Crippen LogP contribution is -2.25. The second kappa shape index (κ2) is 5.87. The van der Waals surface area contributed by atoms with Crippen LogP contribution in [0.5, 0.6) is 0 Å². The third kappa shape index (κ3) is 3.25. The van der Waals surface area contributed by atoms with Gasteiger partial charge >= 0.3 is 0 Å². The van der Waals surface area contributed by atoms with Crippen molar-refractivity contribution in [2.45, 2.75) is 24.3 Å². The van der Waals surface area contributed by atoms with Gasteiger partial charge in [-0.15, -0.1) is 0 Å². The molecule has 0 aliphatic carbocycles. The van der Waals surface area contributed by atoms with E-state index in [1.165, 1.54) is 5.56 Å². The van der Waals surface area contributed by atoms with Gasteiger partial charge in [-0.05, 0) is 30.5 Å². The summed E-state index contributed by atoms with van der Waals surface area (Å²) in [7, 11) is -3.44. The molecule has 0 saturated carbocycles. The Balaban J connectivity index is 1.59. The molecule has 2 aromatic rings. The third-order valence-corrected chi connectivity index (χ3v) is 5.00. The van der Waals surface area contributed by atoms with E-state index in [0.29, 0.717) is 11.4 Å². The zero-order valence-corrected chi connectivity index (χ0v) is 12.4. The molecular weight excluding hydrogens is 288 g/mol. The van der Waals surface area contributed by atoms with Gasteiger partial charge in [0.2, 0.25) is 10.0 Å². The molecule has 3 rings (SSSR count). The lowest BCUT2D eigenvalue weighted by molar-refractivity contribution is 0.570. The molecule has 7 heteroatoms. The number of nitrogens with zero attached hydrogens (tertiary/aromatic N) is 2. The standard InChI is InChI=1S/C14H18N4O2S/c19-21(20,17-5-1-8-18-9-7-15-11-18)13-3-2-12-4-6-16-14(12)10-13/h2-3,7,9-11,16-17H,1,4-6,8H2. The highest BCUT2D eigenvalue weighted by atomic mass is 32.2. The fourth-order valence-electron chi connectivity index (χ4n) is 2.41. The van der Waals surface area contributed by atoms with Crippen LogP contribution < -0.4 is 10.0 Å². The SMILES string of the molecule is O=S(=O)(NCCCn1ccnc1)c1ccc2c(c1)NCC2. The van der Waals surface area contributed by atoms with E-state index < -0.39 is 10.0 Å². The Morgan fingerprint density at radius 2 is 2.29 bits per heavy atom. The van der Waals surface area contributed by atoms with Crippen molar-refractivity contribution in [3.63, 3.8) is 0 Å². The molecule has 2 N–H and O–H groups in total. The van der Waals surface area contributed by atoms with Gasteiger partial charge in [0, 0.05) is 37.7 Å². The topological polar surface area (TPSA) is 76.0 Å². The molecule has 0 unspecified atom stereocenters. The van der Waals surface area contributed by atoms with Gasteiger partial charge < -0.3 is 9.88 Å². The minimum Gasteiger partial charge on any atom is -0.384 e. The Bertz CT molecular complexity index is 711. The quantitative estimate of drug-likeness (QED) is 0.787. The molecule has 21 heavy (non-hydrogen) atoms. The van der Waals surface area contributed by atoms with Crippen LogP contribution in [0.4, 0.5) is 5.69 Å². The molecule has 2 heterocycles. The number of imidazole rings is 1. The minimum absolute atomic E-state index is 0.318. The van der Waals surface area contributed by atoms with Crippen LogP contribution in [0.3, 0.4) is 0 Å². The number of hydrogen-bond acceptors (Lipinski definition) is 4. The van der Waals surface area contributed by atoms with Crippen molar-refractivity contribution in [2.75, 3.05) is 18.4 Å². The van der Waals surface area contributed by atoms with E-state index in [1.54, 1.807) is 24.7 Å². The number of anilines is 1. The second-order valence-electron chi connectivity index (χ2n) is 5.05. The van der Waals surface area contributed by atoms with Crippen LogP contribution in [0.1, 0.15) is 12.0 Å². The zero-order chi connectivity index (χ0) is 14.7. The summed E-state index contributed by atoms with van der Waals surface area (Å²) in [4.78, 5) is 4.27. The molecule has 112 valence electrons. The summed E-state index contributed by atoms with van der Waals surface area (Å²) in [6, 6.07) is 5.26. The van der Waals surface area contributed by atoms with Crippen molar-refractivity contribution in [1.29, 1.82) is 0 Å². The van der Waals surface area contributed by atoms with Crippen molar-refractivity contribution in [3.8, 4) is 0 Å². The highest BCUT2D eigenvalue weighted by Gasteiger charge is 2.17. The van der Waals surface area contributed by atoms with Crippen molar-refractivity contribution in [3.05, 3.63) is 42.5 Å². The predicted octanol–water partition coefficient (Wildman–Crippen LogP) is 1.22. The fourth-order valence-corrected chi connectivity index (χ4v) is 3.51. The number of aryl methyl sites for hydroxylation is 1. The summed E-state index contributed by atoms with van der Waals surface area (Å²) in [6.07, 6.45) is 6.97. The maximum absolute atomic E-state index is 12.2. The molecule has 0 amide bonds. The van der Waals surface area contributed by atoms with E-state index in [2.05, 4.69) is 15.0 Å². The van der Waals surface area contributed by atoms with Gasteiger partial charge in [0.1, 0.15) is 0 Å². The molecule has 1 aliphatic rings. The Morgan fingerprint density at radius 3 is 3.10 bits per heavy atom. The van der Waals surface area contributed by atoms with Crippen LogP contribution in [0.15, 0.2) is 41.8 Å². The number of nitrogens with one attached hydrogen (secondary N) is 2. The number of hydrogen-bond donors (Lipinski definition) is 2. The lowest BCUT2D eigenvalue weighted by atomic mass is 10.2. The number of aromatic nitrogens is 2. The monoisotopic (exact) mass is 306 g/mol. The highest BCUT2D eigenvalue weighted by molar-refractivity contribution is 7.89. The average Bonchev–Trinajstić information content (AvgIpc) is 3.13. The minimum atomic E-state index is -3.44. The molecule has 0 fully saturated rings. The van der Waals surface area contributed by atoms with E-state index in [9.17, 15) is 8.42 Å². The molecule has 6 nitrogen and oxygen atoms in total. The van der Waals surface area contributed by atoms with Crippen LogP contribution in [-0.2, 0) is 23.0 Å². The third-order valence-electron chi connectivity index (χ3n) is 3.55. The Morgan fingerprint density at radius 1 is 1.38 bits per heavy atom. The fraction of sp³-hybridized carbons (Fsp3) is 0.357. The van der Waals surface area contributed by atoms with E-state index in [4.69, 9.17) is 0 Å². The van der Waals surface area contributed by atoms with E-state index in [0.717, 1.165) is 31.6 Å². The first-order chi connectivity index (χ1) is 10.1. The van der Waals surface area contributed by atoms with Crippen LogP contribution in [-0.4, -0.2) is 31.1 Å². The van der Waals surface area contributed by atoms with Crippen LogP contribution in [0.2, 0.25) is 0 Å². The first-order valence-electron chi connectivity index (χ1n) is 6.97. The van der Waals surface area contributed by atoms with Gasteiger partial charge in [-0.3, -0.25) is 0 Å². The van der Waals surface area contributed by atoms with Gasteiger partial charge in [-0.1, -0.05) is 6.07 Å². The Hall–Kier alpha value is -1.86. The zero-order valence-electron chi connectivity index (χ0n) is 11.6. The van der Waals surface area contributed by atoms with Gasteiger partial charge in [-0.25, -0.2) is 18.1 Å². The van der Waals surface area contributed by atoms with Gasteiger partial charge in [0.25, 0.3) is 0 Å². The van der Waals surface area contributed by atoms with Crippen LogP contribution in [0.25, 0.3) is 0 Å². The summed E-state index contributed by atoms with van der Waals surface area (Å²) in [5.74, 6) is 0. The molecule has 0 radical (unpaired) electrons. The molecule has 1 aromatic carbocycles. The summed E-state index contributed by atoms with van der Waals surface area (Å²) in [5.41, 5.74) is 2.10. The summed E-state index contributed by atoms with van der Waals surface area (Å²) < 4.78 is 29.0. The Kier molecular flexibility index (Phi) is 3.94. The number of sulfonamides is 1. The predicted molar refractivity (Wildman–Crippen MR) is 80.7 cm³/mol. The molecule has 0 bridgehead atoms. The number of rotatable bonds is 6. The second-order valence-corrected chi connectivity index (χ2v) is 6.81. The van der Waals surface area contributed by atoms with Crippen molar-refractivity contribution in [2.24, 2.45) is 0 Å². The Labute approximate surface area is 124 Å². The molecule has 0 saturated heterocycles. The van der Waals surface area contributed by atoms with Gasteiger partial charge in [0.15, 0.2) is 0 Å². The largest absolute Gasteiger partial charge is 0.384 e. The van der Waals surface area contributed by atoms with Crippen molar-refractivity contribution < 1.29 is 8.42 Å². The van der Waals surface area contributed by atoms with Crippen molar-refractivity contribution in [1.82, 2.24) is 14.3 Å². The summed E-state index contributed by atoms with van der Waals surface area (Å²) >= 11 is 0. The summed E-state index contributed by atoms with van der Waals surface area (Å²) in [6.45, 7) is 2.02. The molecule has 0 spiro atoms. The van der Waals surface area contributed by atoms with Crippen LogP contribution >= 0.6 is 0 Å². The number of fused-ring (bicyclic) bond motifs is 1. The van der Waals surface area contributed by atoms with Crippen molar-refractivity contribution >= 4 is 15.7 Å². The van der Waals surface area contributed by atoms with Gasteiger partial charge in [0.05, 0.1) is 11.2 Å². The first-order valence-corrected chi connectivity index (χ1v) is 8.46. The molecule has 1 aromatic heterocycles.